The number of carbonyl (C=O) groups is 4. The lowest BCUT2D eigenvalue weighted by atomic mass is 10.2. The van der Waals surface area contributed by atoms with Crippen LogP contribution in [-0.2, 0) is 33.4 Å². The molecule has 2 rings (SSSR count). The van der Waals surface area contributed by atoms with E-state index in [1.54, 1.807) is 0 Å². The van der Waals surface area contributed by atoms with E-state index in [0.29, 0.717) is 91.3 Å². The number of carbonyl (C=O) groups excluding carboxylic acids is 4. The third-order valence-electron chi connectivity index (χ3n) is 4.63. The quantitative estimate of drug-likeness (QED) is 0.313. The smallest absolute Gasteiger partial charge is 0.233 e. The SMILES string of the molecule is O=C1CCC(C(=O)NCCCOCCOCCOCCCNC(=O)C2CCC(=O)S2)S1. The minimum Gasteiger partial charge on any atom is -0.379 e. The summed E-state index contributed by atoms with van der Waals surface area (Å²) in [5.74, 6) is -0.128. The summed E-state index contributed by atoms with van der Waals surface area (Å²) in [4.78, 5) is 45.9. The monoisotopic (exact) mass is 476 g/mol. The van der Waals surface area contributed by atoms with Gasteiger partial charge in [0.2, 0.25) is 11.8 Å². The fourth-order valence-electron chi connectivity index (χ4n) is 2.96. The van der Waals surface area contributed by atoms with Crippen LogP contribution in [0.5, 0.6) is 0 Å². The molecule has 0 bridgehead atoms. The number of hydrogen-bond acceptors (Lipinski definition) is 9. The highest BCUT2D eigenvalue weighted by Gasteiger charge is 2.29. The van der Waals surface area contributed by atoms with Gasteiger partial charge in [-0.2, -0.15) is 0 Å². The molecule has 0 saturated carbocycles. The van der Waals surface area contributed by atoms with E-state index in [9.17, 15) is 19.2 Å². The molecule has 9 nitrogen and oxygen atoms in total. The minimum absolute atomic E-state index is 0.0640. The van der Waals surface area contributed by atoms with E-state index in [0.717, 1.165) is 23.5 Å². The maximum absolute atomic E-state index is 11.8. The average Bonchev–Trinajstić information content (AvgIpc) is 3.39. The first-order chi connectivity index (χ1) is 15.1. The van der Waals surface area contributed by atoms with Gasteiger partial charge in [-0.3, -0.25) is 19.2 Å². The Morgan fingerprint density at radius 1 is 0.710 bits per heavy atom. The van der Waals surface area contributed by atoms with Crippen LogP contribution in [0.3, 0.4) is 0 Å². The van der Waals surface area contributed by atoms with Crippen molar-refractivity contribution < 1.29 is 33.4 Å². The number of thioether (sulfide) groups is 2. The summed E-state index contributed by atoms with van der Waals surface area (Å²) in [6, 6.07) is 0. The van der Waals surface area contributed by atoms with Gasteiger partial charge in [-0.05, 0) is 25.7 Å². The van der Waals surface area contributed by atoms with Crippen LogP contribution in [-0.4, -0.2) is 85.3 Å². The molecule has 0 aromatic carbocycles. The summed E-state index contributed by atoms with van der Waals surface area (Å²) in [5, 5.41) is 5.38. The number of nitrogens with one attached hydrogen (secondary N) is 2. The molecule has 2 aliphatic rings. The number of hydrogen-bond donors (Lipinski definition) is 2. The first-order valence-electron chi connectivity index (χ1n) is 10.7. The molecule has 0 spiro atoms. The Hall–Kier alpha value is -1.14. The van der Waals surface area contributed by atoms with Crippen molar-refractivity contribution >= 4 is 45.6 Å². The molecule has 176 valence electrons. The third kappa shape index (κ3) is 11.3. The predicted molar refractivity (Wildman–Crippen MR) is 119 cm³/mol. The zero-order valence-corrected chi connectivity index (χ0v) is 19.4. The van der Waals surface area contributed by atoms with E-state index >= 15 is 0 Å². The van der Waals surface area contributed by atoms with Crippen molar-refractivity contribution in [2.75, 3.05) is 52.7 Å². The zero-order valence-electron chi connectivity index (χ0n) is 17.7. The van der Waals surface area contributed by atoms with Crippen molar-refractivity contribution in [3.05, 3.63) is 0 Å². The van der Waals surface area contributed by atoms with Gasteiger partial charge in [0, 0.05) is 39.1 Å². The van der Waals surface area contributed by atoms with Gasteiger partial charge in [-0.1, -0.05) is 23.5 Å². The molecular weight excluding hydrogens is 444 g/mol. The highest BCUT2D eigenvalue weighted by molar-refractivity contribution is 8.15. The highest BCUT2D eigenvalue weighted by atomic mass is 32.2. The first-order valence-corrected chi connectivity index (χ1v) is 12.5. The van der Waals surface area contributed by atoms with Gasteiger partial charge in [0.15, 0.2) is 10.2 Å². The molecule has 2 N–H and O–H groups in total. The van der Waals surface area contributed by atoms with E-state index in [-0.39, 0.29) is 32.5 Å². The molecule has 2 saturated heterocycles. The summed E-state index contributed by atoms with van der Waals surface area (Å²) in [6.45, 7) is 4.07. The van der Waals surface area contributed by atoms with Crippen molar-refractivity contribution in [3.63, 3.8) is 0 Å². The van der Waals surface area contributed by atoms with Crippen LogP contribution in [0, 0.1) is 0 Å². The van der Waals surface area contributed by atoms with Crippen LogP contribution in [0.15, 0.2) is 0 Å². The van der Waals surface area contributed by atoms with E-state index < -0.39 is 0 Å². The Labute approximate surface area is 191 Å². The maximum atomic E-state index is 11.8. The Bertz CT molecular complexity index is 556. The minimum atomic E-state index is -0.231. The van der Waals surface area contributed by atoms with Crippen molar-refractivity contribution in [3.8, 4) is 0 Å². The second kappa shape index (κ2) is 15.6. The summed E-state index contributed by atoms with van der Waals surface area (Å²) >= 11 is 2.26. The normalized spacial score (nSPS) is 20.9. The summed E-state index contributed by atoms with van der Waals surface area (Å²) in [5.41, 5.74) is 0. The largest absolute Gasteiger partial charge is 0.379 e. The van der Waals surface area contributed by atoms with Crippen LogP contribution < -0.4 is 10.6 Å². The predicted octanol–water partition coefficient (Wildman–Crippen LogP) is 0.893. The Morgan fingerprint density at radius 3 is 1.45 bits per heavy atom. The Balaban J connectivity index is 1.27. The van der Waals surface area contributed by atoms with Crippen LogP contribution in [0.1, 0.15) is 38.5 Å². The van der Waals surface area contributed by atoms with Gasteiger partial charge in [-0.25, -0.2) is 0 Å². The second-order valence-corrected chi connectivity index (χ2v) is 9.68. The van der Waals surface area contributed by atoms with E-state index in [2.05, 4.69) is 10.6 Å². The van der Waals surface area contributed by atoms with Gasteiger partial charge in [0.25, 0.3) is 0 Å². The van der Waals surface area contributed by atoms with Crippen molar-refractivity contribution in [1.29, 1.82) is 0 Å². The second-order valence-electron chi connectivity index (χ2n) is 7.16. The van der Waals surface area contributed by atoms with Gasteiger partial charge < -0.3 is 24.8 Å². The lowest BCUT2D eigenvalue weighted by Gasteiger charge is -2.10. The van der Waals surface area contributed by atoms with Crippen LogP contribution in [0.2, 0.25) is 0 Å². The molecule has 0 aromatic heterocycles. The Kier molecular flexibility index (Phi) is 13.2. The molecule has 2 unspecified atom stereocenters. The van der Waals surface area contributed by atoms with Crippen molar-refractivity contribution in [2.24, 2.45) is 0 Å². The standard InChI is InChI=1S/C20H32N2O7S2/c23-17-5-3-15(30-17)19(25)21-7-1-9-27-11-13-29-14-12-28-10-2-8-22-20(26)16-4-6-18(24)31-16/h15-16H,1-14H2,(H,21,25)(H,22,26). The van der Waals surface area contributed by atoms with Gasteiger partial charge in [0.05, 0.1) is 36.9 Å². The van der Waals surface area contributed by atoms with Crippen molar-refractivity contribution in [1.82, 2.24) is 10.6 Å². The molecule has 31 heavy (non-hydrogen) atoms. The molecule has 11 heteroatoms. The highest BCUT2D eigenvalue weighted by Crippen LogP contribution is 2.28. The van der Waals surface area contributed by atoms with Crippen LogP contribution >= 0.6 is 23.5 Å². The van der Waals surface area contributed by atoms with E-state index in [1.165, 1.54) is 0 Å². The topological polar surface area (TPSA) is 120 Å². The maximum Gasteiger partial charge on any atom is 0.233 e. The summed E-state index contributed by atoms with van der Waals surface area (Å²) < 4.78 is 16.3. The average molecular weight is 477 g/mol. The van der Waals surface area contributed by atoms with Gasteiger partial charge >= 0.3 is 0 Å². The van der Waals surface area contributed by atoms with Crippen molar-refractivity contribution in [2.45, 2.75) is 49.0 Å². The molecule has 2 aliphatic heterocycles. The summed E-state index contributed by atoms with van der Waals surface area (Å²) in [6.07, 6.45) is 3.66. The molecule has 2 fully saturated rings. The number of rotatable bonds is 16. The fourth-order valence-corrected chi connectivity index (χ4v) is 4.92. The van der Waals surface area contributed by atoms with Gasteiger partial charge in [-0.15, -0.1) is 0 Å². The lowest BCUT2D eigenvalue weighted by molar-refractivity contribution is -0.121. The fraction of sp³-hybridized carbons (Fsp3) is 0.800. The van der Waals surface area contributed by atoms with E-state index in [4.69, 9.17) is 14.2 Å². The summed E-state index contributed by atoms with van der Waals surface area (Å²) in [7, 11) is 0. The molecule has 0 aliphatic carbocycles. The number of amides is 2. The molecule has 2 amide bonds. The molecule has 0 radical (unpaired) electrons. The third-order valence-corrected chi connectivity index (χ3v) is 7.03. The molecule has 0 aromatic rings. The van der Waals surface area contributed by atoms with Crippen LogP contribution in [0.25, 0.3) is 0 Å². The Morgan fingerprint density at radius 2 is 1.10 bits per heavy atom. The van der Waals surface area contributed by atoms with Gasteiger partial charge in [0.1, 0.15) is 0 Å². The number of ether oxygens (including phenoxy) is 3. The molecule has 2 atom stereocenters. The first kappa shape index (κ1) is 26.1. The zero-order chi connectivity index (χ0) is 22.3. The molecule has 2 heterocycles. The molecular formula is C20H32N2O7S2. The lowest BCUT2D eigenvalue weighted by Crippen LogP contribution is -2.32. The van der Waals surface area contributed by atoms with E-state index in [1.807, 2.05) is 0 Å². The van der Waals surface area contributed by atoms with Crippen LogP contribution in [0.4, 0.5) is 0 Å².